The Bertz CT molecular complexity index is 1220. The molecule has 8 nitrogen and oxygen atoms in total. The summed E-state index contributed by atoms with van der Waals surface area (Å²) in [5, 5.41) is 8.54. The van der Waals surface area contributed by atoms with Gasteiger partial charge in [0.15, 0.2) is 6.10 Å². The number of fused-ring (bicyclic) bond motifs is 1. The zero-order valence-corrected chi connectivity index (χ0v) is 16.8. The summed E-state index contributed by atoms with van der Waals surface area (Å²) >= 11 is 0. The molecule has 30 heavy (non-hydrogen) atoms. The number of ether oxygens (including phenoxy) is 1. The minimum Gasteiger partial charge on any atom is -0.449 e. The van der Waals surface area contributed by atoms with Crippen LogP contribution in [-0.4, -0.2) is 31.4 Å². The van der Waals surface area contributed by atoms with Gasteiger partial charge in [0, 0.05) is 17.1 Å². The Labute approximate surface area is 173 Å². The number of rotatable bonds is 6. The third kappa shape index (κ3) is 5.49. The van der Waals surface area contributed by atoms with E-state index in [2.05, 4.69) is 10.3 Å². The number of benzene rings is 2. The van der Waals surface area contributed by atoms with Gasteiger partial charge in [-0.3, -0.25) is 4.79 Å². The minimum absolute atomic E-state index is 0.0765. The third-order valence-corrected chi connectivity index (χ3v) is 5.05. The summed E-state index contributed by atoms with van der Waals surface area (Å²) in [4.78, 5) is 28.5. The molecule has 154 valence electrons. The van der Waals surface area contributed by atoms with Crippen LogP contribution < -0.4 is 10.5 Å². The molecule has 0 saturated carbocycles. The summed E-state index contributed by atoms with van der Waals surface area (Å²) < 4.78 is 27.6. The maximum absolute atomic E-state index is 12.2. The van der Waals surface area contributed by atoms with Crippen molar-refractivity contribution in [2.24, 2.45) is 5.14 Å². The van der Waals surface area contributed by atoms with Crippen LogP contribution in [0.1, 0.15) is 12.6 Å². The van der Waals surface area contributed by atoms with Crippen LogP contribution in [0.25, 0.3) is 17.0 Å². The van der Waals surface area contributed by atoms with E-state index in [0.717, 1.165) is 10.9 Å². The Morgan fingerprint density at radius 1 is 1.07 bits per heavy atom. The molecule has 0 radical (unpaired) electrons. The van der Waals surface area contributed by atoms with Gasteiger partial charge in [0.2, 0.25) is 10.0 Å². The van der Waals surface area contributed by atoms with E-state index in [1.165, 1.54) is 43.3 Å². The maximum Gasteiger partial charge on any atom is 0.331 e. The molecule has 3 rings (SSSR count). The van der Waals surface area contributed by atoms with Crippen molar-refractivity contribution in [2.75, 3.05) is 5.32 Å². The Balaban J connectivity index is 1.57. The molecule has 9 heteroatoms. The van der Waals surface area contributed by atoms with Gasteiger partial charge < -0.3 is 10.1 Å². The molecular formula is C21H19N3O5S. The summed E-state index contributed by atoms with van der Waals surface area (Å²) in [7, 11) is -3.82. The fraction of sp³-hybridized carbons (Fsp3) is 0.0952. The number of amides is 1. The van der Waals surface area contributed by atoms with Gasteiger partial charge in [-0.25, -0.2) is 23.3 Å². The highest BCUT2D eigenvalue weighted by Crippen LogP contribution is 2.14. The lowest BCUT2D eigenvalue weighted by molar-refractivity contribution is -0.148. The fourth-order valence-corrected chi connectivity index (χ4v) is 3.08. The summed E-state index contributed by atoms with van der Waals surface area (Å²) in [5.74, 6) is -1.26. The predicted octanol–water partition coefficient (Wildman–Crippen LogP) is 2.47. The molecule has 1 amide bonds. The molecule has 0 bridgehead atoms. The number of carbonyl (C=O) groups excluding carboxylic acids is 2. The lowest BCUT2D eigenvalue weighted by Crippen LogP contribution is -2.29. The number of hydrogen-bond acceptors (Lipinski definition) is 6. The summed E-state index contributed by atoms with van der Waals surface area (Å²) in [5.41, 5.74) is 1.72. The second-order valence-corrected chi connectivity index (χ2v) is 7.96. The topological polar surface area (TPSA) is 128 Å². The van der Waals surface area contributed by atoms with E-state index in [4.69, 9.17) is 9.88 Å². The molecule has 1 aromatic heterocycles. The first-order chi connectivity index (χ1) is 14.2. The smallest absolute Gasteiger partial charge is 0.331 e. The highest BCUT2D eigenvalue weighted by atomic mass is 32.2. The van der Waals surface area contributed by atoms with Gasteiger partial charge in [0.05, 0.1) is 16.1 Å². The molecule has 0 saturated heterocycles. The molecule has 2 aromatic carbocycles. The van der Waals surface area contributed by atoms with Crippen LogP contribution in [0.5, 0.6) is 0 Å². The number of anilines is 1. The van der Waals surface area contributed by atoms with Crippen molar-refractivity contribution in [1.82, 2.24) is 4.98 Å². The van der Waals surface area contributed by atoms with E-state index in [9.17, 15) is 18.0 Å². The second-order valence-electron chi connectivity index (χ2n) is 6.40. The first-order valence-corrected chi connectivity index (χ1v) is 10.5. The SMILES string of the molecule is CC(OC(=O)/C=C/c1ccc2ccccc2n1)C(=O)Nc1ccc(S(N)(=O)=O)cc1. The molecule has 1 unspecified atom stereocenters. The standard InChI is InChI=1S/C21H19N3O5S/c1-14(21(26)24-17-8-11-18(12-9-17)30(22,27)28)29-20(25)13-10-16-7-6-15-4-2-3-5-19(15)23-16/h2-14H,1H3,(H,24,26)(H2,22,27,28)/b13-10+. The third-order valence-electron chi connectivity index (χ3n) is 4.12. The predicted molar refractivity (Wildman–Crippen MR) is 113 cm³/mol. The number of para-hydroxylation sites is 1. The molecular weight excluding hydrogens is 406 g/mol. The van der Waals surface area contributed by atoms with Crippen molar-refractivity contribution in [2.45, 2.75) is 17.9 Å². The number of sulfonamides is 1. The molecule has 3 N–H and O–H groups in total. The van der Waals surface area contributed by atoms with E-state index >= 15 is 0 Å². The van der Waals surface area contributed by atoms with Gasteiger partial charge in [-0.15, -0.1) is 0 Å². The fourth-order valence-electron chi connectivity index (χ4n) is 2.57. The number of nitrogens with one attached hydrogen (secondary N) is 1. The van der Waals surface area contributed by atoms with Crippen LogP contribution in [0.4, 0.5) is 5.69 Å². The number of hydrogen-bond donors (Lipinski definition) is 2. The zero-order valence-electron chi connectivity index (χ0n) is 16.0. The zero-order chi connectivity index (χ0) is 21.7. The van der Waals surface area contributed by atoms with Gasteiger partial charge in [-0.05, 0) is 49.4 Å². The van der Waals surface area contributed by atoms with Gasteiger partial charge in [-0.1, -0.05) is 24.3 Å². The summed E-state index contributed by atoms with van der Waals surface area (Å²) in [6, 6.07) is 16.6. The Hall–Kier alpha value is -3.56. The van der Waals surface area contributed by atoms with Gasteiger partial charge in [0.1, 0.15) is 0 Å². The average Bonchev–Trinajstić information content (AvgIpc) is 2.71. The Morgan fingerprint density at radius 3 is 2.47 bits per heavy atom. The second kappa shape index (κ2) is 8.85. The lowest BCUT2D eigenvalue weighted by atomic mass is 10.2. The molecule has 3 aromatic rings. The number of carbonyl (C=O) groups is 2. The monoisotopic (exact) mass is 425 g/mol. The van der Waals surface area contributed by atoms with Crippen molar-refractivity contribution in [3.8, 4) is 0 Å². The van der Waals surface area contributed by atoms with Gasteiger partial charge in [-0.2, -0.15) is 0 Å². The Kier molecular flexibility index (Phi) is 6.24. The van der Waals surface area contributed by atoms with Crippen molar-refractivity contribution < 1.29 is 22.7 Å². The number of nitrogens with zero attached hydrogens (tertiary/aromatic N) is 1. The quantitative estimate of drug-likeness (QED) is 0.461. The molecule has 0 aliphatic heterocycles. The van der Waals surface area contributed by atoms with Gasteiger partial charge >= 0.3 is 5.97 Å². The molecule has 1 atom stereocenters. The lowest BCUT2D eigenvalue weighted by Gasteiger charge is -2.12. The highest BCUT2D eigenvalue weighted by Gasteiger charge is 2.17. The van der Waals surface area contributed by atoms with Crippen LogP contribution in [0, 0.1) is 0 Å². The Morgan fingerprint density at radius 2 is 1.77 bits per heavy atom. The summed E-state index contributed by atoms with van der Waals surface area (Å²) in [6.45, 7) is 1.42. The van der Waals surface area contributed by atoms with Crippen LogP contribution in [0.3, 0.4) is 0 Å². The van der Waals surface area contributed by atoms with Crippen LogP contribution >= 0.6 is 0 Å². The first kappa shape index (κ1) is 21.2. The van der Waals surface area contributed by atoms with Crippen molar-refractivity contribution >= 4 is 44.6 Å². The molecule has 0 aliphatic rings. The normalized spacial score (nSPS) is 12.6. The van der Waals surface area contributed by atoms with Crippen molar-refractivity contribution in [3.63, 3.8) is 0 Å². The molecule has 1 heterocycles. The number of nitrogens with two attached hydrogens (primary N) is 1. The first-order valence-electron chi connectivity index (χ1n) is 8.90. The van der Waals surface area contributed by atoms with Gasteiger partial charge in [0.25, 0.3) is 5.91 Å². The van der Waals surface area contributed by atoms with E-state index < -0.39 is 28.0 Å². The van der Waals surface area contributed by atoms with E-state index in [1.54, 1.807) is 6.07 Å². The number of pyridine rings is 1. The summed E-state index contributed by atoms with van der Waals surface area (Å²) in [6.07, 6.45) is 1.64. The van der Waals surface area contributed by atoms with Crippen LogP contribution in [0.15, 0.2) is 71.6 Å². The highest BCUT2D eigenvalue weighted by molar-refractivity contribution is 7.89. The van der Waals surface area contributed by atoms with E-state index in [0.29, 0.717) is 11.4 Å². The molecule has 0 spiro atoms. The average molecular weight is 425 g/mol. The molecule has 0 aliphatic carbocycles. The van der Waals surface area contributed by atoms with Crippen LogP contribution in [-0.2, 0) is 24.3 Å². The largest absolute Gasteiger partial charge is 0.449 e. The van der Waals surface area contributed by atoms with Crippen molar-refractivity contribution in [3.05, 3.63) is 72.4 Å². The van der Waals surface area contributed by atoms with E-state index in [-0.39, 0.29) is 4.90 Å². The number of primary sulfonamides is 1. The van der Waals surface area contributed by atoms with E-state index in [1.807, 2.05) is 30.3 Å². The van der Waals surface area contributed by atoms with Crippen molar-refractivity contribution in [1.29, 1.82) is 0 Å². The number of aromatic nitrogens is 1. The minimum atomic E-state index is -3.82. The number of esters is 1. The molecule has 0 fully saturated rings. The maximum atomic E-state index is 12.2. The van der Waals surface area contributed by atoms with Crippen LogP contribution in [0.2, 0.25) is 0 Å².